The first-order valence-electron chi connectivity index (χ1n) is 10.2. The van der Waals surface area contributed by atoms with E-state index in [0.717, 1.165) is 24.8 Å². The van der Waals surface area contributed by atoms with Gasteiger partial charge in [-0.3, -0.25) is 9.69 Å². The number of carbonyl (C=O) groups excluding carboxylic acids is 1. The summed E-state index contributed by atoms with van der Waals surface area (Å²) in [5, 5.41) is 3.23. The molecule has 30 heavy (non-hydrogen) atoms. The van der Waals surface area contributed by atoms with Gasteiger partial charge < -0.3 is 5.32 Å². The molecule has 2 aliphatic rings. The molecule has 0 spiro atoms. The van der Waals surface area contributed by atoms with Crippen molar-refractivity contribution in [2.45, 2.75) is 30.6 Å². The number of benzene rings is 1. The van der Waals surface area contributed by atoms with Gasteiger partial charge in [-0.2, -0.15) is 4.31 Å². The molecule has 9 heteroatoms. The van der Waals surface area contributed by atoms with E-state index >= 15 is 0 Å². The van der Waals surface area contributed by atoms with Crippen molar-refractivity contribution in [3.05, 3.63) is 52.7 Å². The summed E-state index contributed by atoms with van der Waals surface area (Å²) in [4.78, 5) is 18.6. The molecule has 160 valence electrons. The quantitative estimate of drug-likeness (QED) is 0.760. The van der Waals surface area contributed by atoms with E-state index in [2.05, 4.69) is 10.3 Å². The number of aromatic nitrogens is 1. The molecular formula is C21H25ClN4O3S. The summed E-state index contributed by atoms with van der Waals surface area (Å²) in [6.07, 6.45) is 5.74. The molecule has 1 aromatic heterocycles. The summed E-state index contributed by atoms with van der Waals surface area (Å²) in [7, 11) is -3.52. The van der Waals surface area contributed by atoms with Crippen LogP contribution < -0.4 is 5.32 Å². The van der Waals surface area contributed by atoms with Crippen molar-refractivity contribution in [2.24, 2.45) is 0 Å². The van der Waals surface area contributed by atoms with Gasteiger partial charge in [0, 0.05) is 32.4 Å². The smallest absolute Gasteiger partial charge is 0.243 e. The van der Waals surface area contributed by atoms with E-state index in [4.69, 9.17) is 11.6 Å². The largest absolute Gasteiger partial charge is 0.310 e. The monoisotopic (exact) mass is 448 g/mol. The van der Waals surface area contributed by atoms with Crippen LogP contribution in [0.15, 0.2) is 41.4 Å². The minimum absolute atomic E-state index is 0.184. The Bertz CT molecular complexity index is 1020. The summed E-state index contributed by atoms with van der Waals surface area (Å²) >= 11 is 5.80. The van der Waals surface area contributed by atoms with Gasteiger partial charge in [0.05, 0.1) is 16.5 Å². The molecule has 1 N–H and O–H groups in total. The summed E-state index contributed by atoms with van der Waals surface area (Å²) in [5.74, 6) is 0.258. The van der Waals surface area contributed by atoms with Crippen molar-refractivity contribution >= 4 is 33.3 Å². The Hall–Kier alpha value is -2.00. The molecule has 0 atom stereocenters. The molecule has 1 fully saturated rings. The number of fused-ring (bicyclic) bond motifs is 1. The van der Waals surface area contributed by atoms with Crippen molar-refractivity contribution in [1.82, 2.24) is 14.2 Å². The van der Waals surface area contributed by atoms with E-state index in [1.165, 1.54) is 22.5 Å². The lowest BCUT2D eigenvalue weighted by molar-refractivity contribution is -0.117. The van der Waals surface area contributed by atoms with Gasteiger partial charge in [0.1, 0.15) is 5.82 Å². The van der Waals surface area contributed by atoms with E-state index < -0.39 is 10.0 Å². The van der Waals surface area contributed by atoms with Crippen LogP contribution in [0.3, 0.4) is 0 Å². The topological polar surface area (TPSA) is 82.6 Å². The second-order valence-corrected chi connectivity index (χ2v) is 10.1. The molecule has 1 saturated heterocycles. The van der Waals surface area contributed by atoms with Crippen LogP contribution >= 0.6 is 11.6 Å². The summed E-state index contributed by atoms with van der Waals surface area (Å²) in [5.41, 5.74) is 2.43. The third-order valence-corrected chi connectivity index (χ3v) is 7.77. The number of hydrogen-bond donors (Lipinski definition) is 1. The number of anilines is 1. The average Bonchev–Trinajstić information content (AvgIpc) is 2.75. The molecule has 1 aromatic carbocycles. The normalized spacial score (nSPS) is 18.0. The van der Waals surface area contributed by atoms with Crippen molar-refractivity contribution < 1.29 is 13.2 Å². The molecule has 1 aliphatic heterocycles. The van der Waals surface area contributed by atoms with E-state index in [1.807, 2.05) is 17.0 Å². The first-order valence-corrected chi connectivity index (χ1v) is 12.0. The number of piperazine rings is 1. The van der Waals surface area contributed by atoms with Gasteiger partial charge >= 0.3 is 0 Å². The van der Waals surface area contributed by atoms with Crippen LogP contribution in [0.5, 0.6) is 0 Å². The maximum atomic E-state index is 13.1. The highest BCUT2D eigenvalue weighted by molar-refractivity contribution is 7.89. The highest BCUT2D eigenvalue weighted by Crippen LogP contribution is 2.26. The standard InChI is InChI=1S/C21H25ClN4O3S/c22-18-6-8-20(23-14-18)24-21(27)15-25-9-11-26(12-10-25)30(28,29)19-7-5-16-3-1-2-4-17(16)13-19/h5-8,13-14H,1-4,9-12,15H2,(H,23,24,27). The average molecular weight is 449 g/mol. The summed E-state index contributed by atoms with van der Waals surface area (Å²) < 4.78 is 27.7. The van der Waals surface area contributed by atoms with E-state index in [0.29, 0.717) is 41.9 Å². The van der Waals surface area contributed by atoms with Crippen LogP contribution in [-0.4, -0.2) is 61.2 Å². The molecule has 0 unspecified atom stereocenters. The third-order valence-electron chi connectivity index (χ3n) is 5.65. The number of carbonyl (C=O) groups is 1. The Morgan fingerprint density at radius 1 is 1.03 bits per heavy atom. The highest BCUT2D eigenvalue weighted by atomic mass is 35.5. The van der Waals surface area contributed by atoms with Crippen molar-refractivity contribution in [3.8, 4) is 0 Å². The molecule has 1 amide bonds. The van der Waals surface area contributed by atoms with E-state index in [-0.39, 0.29) is 12.5 Å². The SMILES string of the molecule is O=C(CN1CCN(S(=O)(=O)c2ccc3c(c2)CCCC3)CC1)Nc1ccc(Cl)cn1. The molecule has 0 bridgehead atoms. The maximum absolute atomic E-state index is 13.1. The fraction of sp³-hybridized carbons (Fsp3) is 0.429. The van der Waals surface area contributed by atoms with Crippen LogP contribution in [0.1, 0.15) is 24.0 Å². The Morgan fingerprint density at radius 2 is 1.77 bits per heavy atom. The minimum Gasteiger partial charge on any atom is -0.310 e. The first-order chi connectivity index (χ1) is 14.4. The number of nitrogens with one attached hydrogen (secondary N) is 1. The second kappa shape index (κ2) is 9.01. The maximum Gasteiger partial charge on any atom is 0.243 e. The van der Waals surface area contributed by atoms with Crippen LogP contribution in [0.2, 0.25) is 5.02 Å². The number of hydrogen-bond acceptors (Lipinski definition) is 5. The predicted octanol–water partition coefficient (Wildman–Crippen LogP) is 2.56. The van der Waals surface area contributed by atoms with Gasteiger partial charge in [0.25, 0.3) is 0 Å². The number of sulfonamides is 1. The molecule has 7 nitrogen and oxygen atoms in total. The van der Waals surface area contributed by atoms with E-state index in [9.17, 15) is 13.2 Å². The lowest BCUT2D eigenvalue weighted by Crippen LogP contribution is -2.50. The van der Waals surface area contributed by atoms with Crippen molar-refractivity contribution in [3.63, 3.8) is 0 Å². The summed E-state index contributed by atoms with van der Waals surface area (Å²) in [6, 6.07) is 8.85. The van der Waals surface area contributed by atoms with Gasteiger partial charge in [-0.15, -0.1) is 0 Å². The lowest BCUT2D eigenvalue weighted by atomic mass is 9.92. The number of amides is 1. The lowest BCUT2D eigenvalue weighted by Gasteiger charge is -2.33. The third kappa shape index (κ3) is 4.83. The van der Waals surface area contributed by atoms with Crippen LogP contribution in [0.4, 0.5) is 5.82 Å². The number of pyridine rings is 1. The van der Waals surface area contributed by atoms with Crippen LogP contribution in [0.25, 0.3) is 0 Å². The molecule has 4 rings (SSSR count). The fourth-order valence-corrected chi connectivity index (χ4v) is 5.57. The van der Waals surface area contributed by atoms with Crippen LogP contribution in [0, 0.1) is 0 Å². The zero-order valence-electron chi connectivity index (χ0n) is 16.7. The van der Waals surface area contributed by atoms with Crippen LogP contribution in [-0.2, 0) is 27.7 Å². The Kier molecular flexibility index (Phi) is 6.38. The Balaban J connectivity index is 1.33. The number of aryl methyl sites for hydroxylation is 2. The zero-order valence-corrected chi connectivity index (χ0v) is 18.3. The Morgan fingerprint density at radius 3 is 2.47 bits per heavy atom. The molecule has 2 heterocycles. The van der Waals surface area contributed by atoms with Crippen molar-refractivity contribution in [1.29, 1.82) is 0 Å². The highest BCUT2D eigenvalue weighted by Gasteiger charge is 2.29. The van der Waals surface area contributed by atoms with E-state index in [1.54, 1.807) is 18.2 Å². The molecule has 0 radical (unpaired) electrons. The van der Waals surface area contributed by atoms with Gasteiger partial charge in [-0.05, 0) is 61.1 Å². The van der Waals surface area contributed by atoms with Gasteiger partial charge in [0.15, 0.2) is 0 Å². The fourth-order valence-electron chi connectivity index (χ4n) is 3.98. The minimum atomic E-state index is -3.52. The van der Waals surface area contributed by atoms with Gasteiger partial charge in [-0.1, -0.05) is 17.7 Å². The second-order valence-electron chi connectivity index (χ2n) is 7.73. The number of nitrogens with zero attached hydrogens (tertiary/aromatic N) is 3. The molecule has 2 aromatic rings. The Labute approximate surface area is 182 Å². The van der Waals surface area contributed by atoms with Crippen molar-refractivity contribution in [2.75, 3.05) is 38.0 Å². The molecule has 0 saturated carbocycles. The molecular weight excluding hydrogens is 424 g/mol. The molecule has 1 aliphatic carbocycles. The predicted molar refractivity (Wildman–Crippen MR) is 116 cm³/mol. The van der Waals surface area contributed by atoms with Gasteiger partial charge in [0.2, 0.25) is 15.9 Å². The first kappa shape index (κ1) is 21.2. The zero-order chi connectivity index (χ0) is 21.1. The number of rotatable bonds is 5. The summed E-state index contributed by atoms with van der Waals surface area (Å²) in [6.45, 7) is 1.94. The number of halogens is 1. The van der Waals surface area contributed by atoms with Gasteiger partial charge in [-0.25, -0.2) is 13.4 Å².